The number of hydrogen-bond donors (Lipinski definition) is 1. The first-order valence-electron chi connectivity index (χ1n) is 7.93. The Morgan fingerprint density at radius 1 is 1.42 bits per heavy atom. The molecule has 1 saturated carbocycles. The maximum Gasteiger partial charge on any atom is 0.0554 e. The summed E-state index contributed by atoms with van der Waals surface area (Å²) in [5.41, 5.74) is 1.70. The topological polar surface area (TPSA) is 20.2 Å². The summed E-state index contributed by atoms with van der Waals surface area (Å²) in [7, 11) is 0. The second-order valence-electron chi connectivity index (χ2n) is 6.18. The lowest BCUT2D eigenvalue weighted by atomic mass is 9.80. The first-order valence-corrected chi connectivity index (χ1v) is 7.93. The number of fused-ring (bicyclic) bond motifs is 1. The Kier molecular flexibility index (Phi) is 5.04. The monoisotopic (exact) mass is 260 g/mol. The van der Waals surface area contributed by atoms with Gasteiger partial charge in [-0.3, -0.25) is 0 Å². The zero-order valence-corrected chi connectivity index (χ0v) is 12.4. The second-order valence-corrected chi connectivity index (χ2v) is 6.18. The van der Waals surface area contributed by atoms with Crippen molar-refractivity contribution in [2.24, 2.45) is 11.3 Å². The largest absolute Gasteiger partial charge is 0.393 e. The van der Waals surface area contributed by atoms with E-state index < -0.39 is 0 Å². The molecule has 0 aliphatic heterocycles. The van der Waals surface area contributed by atoms with Crippen LogP contribution in [0.3, 0.4) is 0 Å². The van der Waals surface area contributed by atoms with Gasteiger partial charge >= 0.3 is 0 Å². The Morgan fingerprint density at radius 2 is 2.26 bits per heavy atom. The van der Waals surface area contributed by atoms with E-state index in [1.165, 1.54) is 19.3 Å². The van der Waals surface area contributed by atoms with Crippen molar-refractivity contribution < 1.29 is 5.11 Å². The van der Waals surface area contributed by atoms with Crippen molar-refractivity contribution in [2.45, 2.75) is 64.9 Å². The molecule has 2 rings (SSSR count). The summed E-state index contributed by atoms with van der Waals surface area (Å²) < 4.78 is 0. The first-order chi connectivity index (χ1) is 9.20. The Hall–Kier alpha value is -0.820. The fourth-order valence-electron chi connectivity index (χ4n) is 3.58. The van der Waals surface area contributed by atoms with Crippen LogP contribution in [0.1, 0.15) is 58.8 Å². The molecular formula is C18H28O. The number of allylic oxidation sites excluding steroid dienone is 6. The standard InChI is InChI=1S/C18H28O/c1-3-5-8-15(4-2)9-6-11-18-12-7-10-16(18)13-17(19)14-18/h6-7,9,11-12,16-17,19H,3-5,8,10,13-14H2,1-2H3/b11-6+,15-9+. The van der Waals surface area contributed by atoms with Gasteiger partial charge in [0.15, 0.2) is 0 Å². The zero-order valence-electron chi connectivity index (χ0n) is 12.4. The van der Waals surface area contributed by atoms with Crippen molar-refractivity contribution in [2.75, 3.05) is 0 Å². The minimum absolute atomic E-state index is 0.102. The molecule has 1 heteroatoms. The summed E-state index contributed by atoms with van der Waals surface area (Å²) in [4.78, 5) is 0. The maximum atomic E-state index is 9.89. The maximum absolute atomic E-state index is 9.89. The van der Waals surface area contributed by atoms with Crippen molar-refractivity contribution in [3.05, 3.63) is 36.0 Å². The highest BCUT2D eigenvalue weighted by Crippen LogP contribution is 2.51. The average Bonchev–Trinajstić information content (AvgIpc) is 2.89. The average molecular weight is 260 g/mol. The summed E-state index contributed by atoms with van der Waals surface area (Å²) in [6, 6.07) is 0. The summed E-state index contributed by atoms with van der Waals surface area (Å²) in [6.45, 7) is 4.49. The molecule has 1 nitrogen and oxygen atoms in total. The predicted molar refractivity (Wildman–Crippen MR) is 82.0 cm³/mol. The highest BCUT2D eigenvalue weighted by molar-refractivity contribution is 5.26. The van der Waals surface area contributed by atoms with Crippen LogP contribution in [0.4, 0.5) is 0 Å². The molecule has 0 amide bonds. The van der Waals surface area contributed by atoms with Gasteiger partial charge < -0.3 is 5.11 Å². The Balaban J connectivity index is 2.01. The third-order valence-electron chi connectivity index (χ3n) is 4.80. The SMILES string of the molecule is CCCC/C(=C/C=C/C12C=CCC1CC(O)C2)CC. The third-order valence-corrected chi connectivity index (χ3v) is 4.80. The van der Waals surface area contributed by atoms with Gasteiger partial charge in [-0.1, -0.05) is 56.2 Å². The molecular weight excluding hydrogens is 232 g/mol. The Morgan fingerprint density at radius 3 is 3.00 bits per heavy atom. The van der Waals surface area contributed by atoms with Crippen molar-refractivity contribution >= 4 is 0 Å². The molecule has 0 bridgehead atoms. The molecule has 19 heavy (non-hydrogen) atoms. The summed E-state index contributed by atoms with van der Waals surface area (Å²) >= 11 is 0. The van der Waals surface area contributed by atoms with E-state index in [-0.39, 0.29) is 11.5 Å². The molecule has 0 radical (unpaired) electrons. The first kappa shape index (κ1) is 14.6. The van der Waals surface area contributed by atoms with Crippen LogP contribution >= 0.6 is 0 Å². The van der Waals surface area contributed by atoms with Gasteiger partial charge in [-0.25, -0.2) is 0 Å². The minimum Gasteiger partial charge on any atom is -0.393 e. The van der Waals surface area contributed by atoms with Crippen LogP contribution in [0, 0.1) is 11.3 Å². The molecule has 0 heterocycles. The fourth-order valence-corrected chi connectivity index (χ4v) is 3.58. The zero-order chi connectivity index (χ0) is 13.7. The van der Waals surface area contributed by atoms with E-state index in [0.29, 0.717) is 5.92 Å². The molecule has 0 aromatic carbocycles. The van der Waals surface area contributed by atoms with Crippen molar-refractivity contribution in [1.82, 2.24) is 0 Å². The van der Waals surface area contributed by atoms with E-state index in [4.69, 9.17) is 0 Å². The van der Waals surface area contributed by atoms with E-state index in [1.807, 2.05) is 0 Å². The Labute approximate surface area is 118 Å². The summed E-state index contributed by atoms with van der Waals surface area (Å²) in [5.74, 6) is 0.632. The molecule has 106 valence electrons. The number of aliphatic hydroxyl groups is 1. The molecule has 2 aliphatic rings. The van der Waals surface area contributed by atoms with Crippen LogP contribution in [0.25, 0.3) is 0 Å². The van der Waals surface area contributed by atoms with Crippen LogP contribution in [0.15, 0.2) is 36.0 Å². The molecule has 0 aromatic rings. The van der Waals surface area contributed by atoms with Gasteiger partial charge in [0.25, 0.3) is 0 Å². The lowest BCUT2D eigenvalue weighted by molar-refractivity contribution is 0.173. The van der Waals surface area contributed by atoms with Gasteiger partial charge in [-0.05, 0) is 44.4 Å². The molecule has 1 fully saturated rings. The molecule has 3 atom stereocenters. The van der Waals surface area contributed by atoms with Gasteiger partial charge in [-0.15, -0.1) is 0 Å². The van der Waals surface area contributed by atoms with E-state index >= 15 is 0 Å². The number of rotatable bonds is 6. The van der Waals surface area contributed by atoms with Crippen molar-refractivity contribution in [3.8, 4) is 0 Å². The van der Waals surface area contributed by atoms with E-state index in [1.54, 1.807) is 5.57 Å². The van der Waals surface area contributed by atoms with Gasteiger partial charge in [0.05, 0.1) is 6.10 Å². The highest BCUT2D eigenvalue weighted by atomic mass is 16.3. The molecule has 0 spiro atoms. The van der Waals surface area contributed by atoms with Crippen molar-refractivity contribution in [1.29, 1.82) is 0 Å². The second kappa shape index (κ2) is 6.56. The van der Waals surface area contributed by atoms with E-state index in [0.717, 1.165) is 25.7 Å². The normalized spacial score (nSPS) is 34.4. The number of aliphatic hydroxyl groups excluding tert-OH is 1. The minimum atomic E-state index is -0.102. The summed E-state index contributed by atoms with van der Waals surface area (Å²) in [6.07, 6.45) is 19.4. The van der Waals surface area contributed by atoms with E-state index in [9.17, 15) is 5.11 Å². The number of hydrogen-bond acceptors (Lipinski definition) is 1. The summed E-state index contributed by atoms with van der Waals surface area (Å²) in [5, 5.41) is 9.89. The smallest absolute Gasteiger partial charge is 0.0554 e. The fraction of sp³-hybridized carbons (Fsp3) is 0.667. The van der Waals surface area contributed by atoms with Crippen LogP contribution < -0.4 is 0 Å². The van der Waals surface area contributed by atoms with Crippen LogP contribution in [-0.2, 0) is 0 Å². The van der Waals surface area contributed by atoms with Gasteiger partial charge in [0.1, 0.15) is 0 Å². The molecule has 0 aromatic heterocycles. The molecule has 1 N–H and O–H groups in total. The van der Waals surface area contributed by atoms with Gasteiger partial charge in [0.2, 0.25) is 0 Å². The van der Waals surface area contributed by atoms with Crippen LogP contribution in [0.2, 0.25) is 0 Å². The van der Waals surface area contributed by atoms with Gasteiger partial charge in [-0.2, -0.15) is 0 Å². The lowest BCUT2D eigenvalue weighted by Gasteiger charge is -2.23. The quantitative estimate of drug-likeness (QED) is 0.538. The lowest BCUT2D eigenvalue weighted by Crippen LogP contribution is -2.16. The van der Waals surface area contributed by atoms with Crippen LogP contribution in [0.5, 0.6) is 0 Å². The van der Waals surface area contributed by atoms with Crippen LogP contribution in [-0.4, -0.2) is 11.2 Å². The molecule has 0 saturated heterocycles. The third kappa shape index (κ3) is 3.39. The van der Waals surface area contributed by atoms with Crippen molar-refractivity contribution in [3.63, 3.8) is 0 Å². The Bertz CT molecular complexity index is 377. The highest BCUT2D eigenvalue weighted by Gasteiger charge is 2.44. The number of unbranched alkanes of at least 4 members (excludes halogenated alkanes) is 1. The molecule has 2 aliphatic carbocycles. The van der Waals surface area contributed by atoms with E-state index in [2.05, 4.69) is 44.2 Å². The predicted octanol–water partition coefficient (Wildman–Crippen LogP) is 4.79. The molecule has 3 unspecified atom stereocenters. The van der Waals surface area contributed by atoms with Gasteiger partial charge in [0, 0.05) is 5.41 Å².